The third-order valence-electron chi connectivity index (χ3n) is 8.11. The molecule has 0 radical (unpaired) electrons. The second kappa shape index (κ2) is 9.11. The van der Waals surface area contributed by atoms with Crippen LogP contribution >= 0.6 is 0 Å². The van der Waals surface area contributed by atoms with E-state index in [1.54, 1.807) is 25.1 Å². The third-order valence-corrected chi connectivity index (χ3v) is 9.48. The highest BCUT2D eigenvalue weighted by atomic mass is 32.2. The number of aliphatic hydroxyl groups excluding tert-OH is 1. The number of carbonyl (C=O) groups is 2. The van der Waals surface area contributed by atoms with Gasteiger partial charge in [-0.05, 0) is 44.7 Å². The van der Waals surface area contributed by atoms with Gasteiger partial charge in [0.25, 0.3) is 10.1 Å². The molecule has 9 nitrogen and oxygen atoms in total. The topological polar surface area (TPSA) is 122 Å². The Hall–Kier alpha value is -2.95. The number of rotatable bonds is 8. The normalized spacial score (nSPS) is 29.8. The summed E-state index contributed by atoms with van der Waals surface area (Å²) in [5.74, 6) is -2.28. The quantitative estimate of drug-likeness (QED) is 0.305. The van der Waals surface area contributed by atoms with Crippen molar-refractivity contribution in [2.75, 3.05) is 25.6 Å². The lowest BCUT2D eigenvalue weighted by Crippen LogP contribution is -2.80. The van der Waals surface area contributed by atoms with E-state index in [2.05, 4.69) is 5.32 Å². The SMILES string of the molecule is CN(C)c1cccc2c(S(=O)(=O)OCC[C@H]3C(=O)N[C@@]4([C@@H](O)C5C=CCCC5)C(=O)O[C@@]34C)cccc12. The largest absolute Gasteiger partial charge is 0.453 e. The van der Waals surface area contributed by atoms with Crippen LogP contribution in [0.3, 0.4) is 0 Å². The number of ether oxygens (including phenoxy) is 1. The Bertz CT molecular complexity index is 1390. The molecule has 0 saturated carbocycles. The Kier molecular flexibility index (Phi) is 6.32. The molecule has 5 rings (SSSR count). The van der Waals surface area contributed by atoms with Crippen LogP contribution in [0.5, 0.6) is 0 Å². The third kappa shape index (κ3) is 3.84. The number of esters is 1. The lowest BCUT2D eigenvalue weighted by molar-refractivity contribution is -0.238. The van der Waals surface area contributed by atoms with Crippen LogP contribution in [0.2, 0.25) is 0 Å². The minimum atomic E-state index is -4.15. The van der Waals surface area contributed by atoms with E-state index < -0.39 is 45.2 Å². The summed E-state index contributed by atoms with van der Waals surface area (Å²) in [6, 6.07) is 10.4. The van der Waals surface area contributed by atoms with Gasteiger partial charge in [0.1, 0.15) is 4.90 Å². The first-order valence-corrected chi connectivity index (χ1v) is 13.9. The fourth-order valence-corrected chi connectivity index (χ4v) is 7.23. The summed E-state index contributed by atoms with van der Waals surface area (Å²) in [7, 11) is -0.380. The number of fused-ring (bicyclic) bond motifs is 2. The molecule has 1 amide bonds. The van der Waals surface area contributed by atoms with Gasteiger partial charge in [0.15, 0.2) is 5.60 Å². The van der Waals surface area contributed by atoms with E-state index in [0.29, 0.717) is 11.8 Å². The molecule has 3 aliphatic rings. The summed E-state index contributed by atoms with van der Waals surface area (Å²) < 4.78 is 37.2. The predicted octanol–water partition coefficient (Wildman–Crippen LogP) is 2.52. The number of carbonyl (C=O) groups excluding carboxylic acids is 2. The van der Waals surface area contributed by atoms with Crippen molar-refractivity contribution in [1.29, 1.82) is 0 Å². The van der Waals surface area contributed by atoms with Crippen LogP contribution in [0, 0.1) is 11.8 Å². The number of anilines is 1. The number of nitrogens with zero attached hydrogens (tertiary/aromatic N) is 1. The summed E-state index contributed by atoms with van der Waals surface area (Å²) in [5, 5.41) is 15.2. The molecule has 2 aliphatic heterocycles. The lowest BCUT2D eigenvalue weighted by Gasteiger charge is -2.54. The van der Waals surface area contributed by atoms with E-state index >= 15 is 0 Å². The molecule has 2 fully saturated rings. The maximum absolute atomic E-state index is 13.2. The van der Waals surface area contributed by atoms with E-state index in [-0.39, 0.29) is 23.8 Å². The monoisotopic (exact) mass is 528 g/mol. The van der Waals surface area contributed by atoms with Gasteiger partial charge in [-0.2, -0.15) is 8.42 Å². The molecule has 2 N–H and O–H groups in total. The average Bonchev–Trinajstić information content (AvgIpc) is 3.05. The molecule has 2 heterocycles. The zero-order valence-electron chi connectivity index (χ0n) is 21.1. The number of amides is 1. The molecule has 0 aromatic heterocycles. The predicted molar refractivity (Wildman–Crippen MR) is 137 cm³/mol. The van der Waals surface area contributed by atoms with Gasteiger partial charge in [-0.3, -0.25) is 8.98 Å². The van der Waals surface area contributed by atoms with Crippen LogP contribution < -0.4 is 10.2 Å². The van der Waals surface area contributed by atoms with Gasteiger partial charge >= 0.3 is 5.97 Å². The Labute approximate surface area is 216 Å². The van der Waals surface area contributed by atoms with Gasteiger partial charge in [-0.25, -0.2) is 4.79 Å². The molecule has 0 bridgehead atoms. The molecule has 1 aliphatic carbocycles. The van der Waals surface area contributed by atoms with Crippen molar-refractivity contribution < 1.29 is 32.0 Å². The second-order valence-corrected chi connectivity index (χ2v) is 12.0. The zero-order valence-corrected chi connectivity index (χ0v) is 22.0. The molecule has 37 heavy (non-hydrogen) atoms. The summed E-state index contributed by atoms with van der Waals surface area (Å²) in [6.45, 7) is 1.33. The van der Waals surface area contributed by atoms with E-state index in [0.717, 1.165) is 23.9 Å². The summed E-state index contributed by atoms with van der Waals surface area (Å²) in [4.78, 5) is 27.6. The summed E-state index contributed by atoms with van der Waals surface area (Å²) in [6.07, 6.45) is 5.20. The highest BCUT2D eigenvalue weighted by Crippen LogP contribution is 2.53. The molecule has 5 atom stereocenters. The highest BCUT2D eigenvalue weighted by molar-refractivity contribution is 7.87. The van der Waals surface area contributed by atoms with Crippen molar-refractivity contribution >= 4 is 38.5 Å². The van der Waals surface area contributed by atoms with Crippen molar-refractivity contribution in [1.82, 2.24) is 5.32 Å². The first-order valence-electron chi connectivity index (χ1n) is 12.5. The van der Waals surface area contributed by atoms with Gasteiger partial charge < -0.3 is 20.1 Å². The lowest BCUT2D eigenvalue weighted by atomic mass is 9.64. The number of nitrogens with one attached hydrogen (secondary N) is 1. The molecule has 2 aromatic rings. The van der Waals surface area contributed by atoms with Gasteiger partial charge in [-0.15, -0.1) is 0 Å². The number of hydrogen-bond acceptors (Lipinski definition) is 8. The van der Waals surface area contributed by atoms with Crippen LogP contribution in [0.25, 0.3) is 10.8 Å². The standard InChI is InChI=1S/C27H32N2O7S/c1-26-20(24(31)28-27(26,25(32)36-26)23(30)17-9-5-4-6-10-17)15-16-35-37(33,34)22-14-8-11-18-19(22)12-7-13-21(18)29(2)3/h5,7-9,11-14,17,20,23,30H,4,6,10,15-16H2,1-3H3,(H,28,31)/t17?,20-,23-,26-,27-/m0/s1. The van der Waals surface area contributed by atoms with E-state index in [1.807, 2.05) is 43.3 Å². The fourth-order valence-electron chi connectivity index (χ4n) is 6.09. The zero-order chi connectivity index (χ0) is 26.6. The van der Waals surface area contributed by atoms with Crippen molar-refractivity contribution in [2.45, 2.75) is 54.7 Å². The number of aliphatic hydroxyl groups is 1. The Balaban J connectivity index is 1.35. The second-order valence-electron chi connectivity index (χ2n) is 10.4. The molecule has 2 aromatic carbocycles. The fraction of sp³-hybridized carbons (Fsp3) is 0.481. The van der Waals surface area contributed by atoms with Crippen molar-refractivity contribution in [3.63, 3.8) is 0 Å². The number of hydrogen-bond donors (Lipinski definition) is 2. The van der Waals surface area contributed by atoms with Crippen LogP contribution in [-0.4, -0.2) is 63.3 Å². The number of benzene rings is 2. The van der Waals surface area contributed by atoms with Crippen LogP contribution in [0.4, 0.5) is 5.69 Å². The molecular formula is C27H32N2O7S. The summed E-state index contributed by atoms with van der Waals surface area (Å²) in [5.41, 5.74) is -1.99. The molecule has 0 spiro atoms. The van der Waals surface area contributed by atoms with Crippen molar-refractivity contribution in [2.24, 2.45) is 11.8 Å². The van der Waals surface area contributed by atoms with Crippen LogP contribution in [0.15, 0.2) is 53.4 Å². The van der Waals surface area contributed by atoms with Gasteiger partial charge in [0.05, 0.1) is 18.6 Å². The molecule has 2 saturated heterocycles. The van der Waals surface area contributed by atoms with Crippen molar-refractivity contribution in [3.05, 3.63) is 48.6 Å². The first kappa shape index (κ1) is 25.7. The van der Waals surface area contributed by atoms with Crippen LogP contribution in [0.1, 0.15) is 32.6 Å². The molecular weight excluding hydrogens is 496 g/mol. The van der Waals surface area contributed by atoms with E-state index in [9.17, 15) is 23.1 Å². The minimum absolute atomic E-state index is 0.00245. The van der Waals surface area contributed by atoms with Gasteiger partial charge in [0, 0.05) is 36.5 Å². The molecule has 198 valence electrons. The van der Waals surface area contributed by atoms with Gasteiger partial charge in [0.2, 0.25) is 11.4 Å². The molecule has 1 unspecified atom stereocenters. The Morgan fingerprint density at radius 2 is 1.92 bits per heavy atom. The van der Waals surface area contributed by atoms with Crippen LogP contribution in [-0.2, 0) is 28.6 Å². The highest BCUT2D eigenvalue weighted by Gasteiger charge is 2.79. The number of allylic oxidation sites excluding steroid dienone is 1. The van der Waals surface area contributed by atoms with Gasteiger partial charge in [-0.1, -0.05) is 36.4 Å². The Morgan fingerprint density at radius 3 is 2.59 bits per heavy atom. The average molecular weight is 529 g/mol. The first-order chi connectivity index (χ1) is 17.5. The summed E-state index contributed by atoms with van der Waals surface area (Å²) >= 11 is 0. The van der Waals surface area contributed by atoms with Crippen molar-refractivity contribution in [3.8, 4) is 0 Å². The Morgan fingerprint density at radius 1 is 1.19 bits per heavy atom. The van der Waals surface area contributed by atoms with E-state index in [4.69, 9.17) is 8.92 Å². The maximum Gasteiger partial charge on any atom is 0.339 e. The smallest absolute Gasteiger partial charge is 0.339 e. The minimum Gasteiger partial charge on any atom is -0.453 e. The molecule has 10 heteroatoms. The van der Waals surface area contributed by atoms with E-state index in [1.165, 1.54) is 6.07 Å². The maximum atomic E-state index is 13.2.